The van der Waals surface area contributed by atoms with Gasteiger partial charge in [-0.3, -0.25) is 14.4 Å². The Morgan fingerprint density at radius 1 is 0.914 bits per heavy atom. The van der Waals surface area contributed by atoms with Gasteiger partial charge in [0.2, 0.25) is 17.6 Å². The van der Waals surface area contributed by atoms with Gasteiger partial charge in [0.25, 0.3) is 0 Å². The van der Waals surface area contributed by atoms with Gasteiger partial charge >= 0.3 is 5.97 Å². The van der Waals surface area contributed by atoms with E-state index in [1.165, 1.54) is 19.2 Å². The topological polar surface area (TPSA) is 123 Å². The van der Waals surface area contributed by atoms with Crippen molar-refractivity contribution in [2.45, 2.75) is 12.5 Å². The van der Waals surface area contributed by atoms with E-state index in [0.29, 0.717) is 22.7 Å². The number of hydrogen-bond donors (Lipinski definition) is 3. The molecule has 1 heterocycles. The Kier molecular flexibility index (Phi) is 7.06. The molecule has 2 amide bonds. The SMILES string of the molecule is COc1ccccc1C(=O)COC(=O)c1ccc(NC(=O)CC2Nc3ccccc3NC2=O)cc1. The van der Waals surface area contributed by atoms with E-state index in [1.54, 1.807) is 42.5 Å². The van der Waals surface area contributed by atoms with E-state index in [4.69, 9.17) is 9.47 Å². The van der Waals surface area contributed by atoms with Gasteiger partial charge in [-0.15, -0.1) is 0 Å². The molecule has 0 aromatic heterocycles. The van der Waals surface area contributed by atoms with Crippen LogP contribution in [0.1, 0.15) is 27.1 Å². The molecule has 4 rings (SSSR count). The Balaban J connectivity index is 1.29. The number of methoxy groups -OCH3 is 1. The molecule has 9 heteroatoms. The van der Waals surface area contributed by atoms with E-state index in [0.717, 1.165) is 5.69 Å². The average Bonchev–Trinajstić information content (AvgIpc) is 2.87. The number of Topliss-reactive ketones (excluding diaryl/α,β-unsaturated/α-hetero) is 1. The van der Waals surface area contributed by atoms with Crippen LogP contribution in [0, 0.1) is 0 Å². The maximum absolute atomic E-state index is 12.5. The highest BCUT2D eigenvalue weighted by Crippen LogP contribution is 2.27. The fraction of sp³-hybridized carbons (Fsp3) is 0.154. The minimum Gasteiger partial charge on any atom is -0.496 e. The van der Waals surface area contributed by atoms with Crippen molar-refractivity contribution in [1.82, 2.24) is 0 Å². The largest absolute Gasteiger partial charge is 0.496 e. The molecule has 1 unspecified atom stereocenters. The number of esters is 1. The van der Waals surface area contributed by atoms with E-state index in [-0.39, 0.29) is 29.6 Å². The van der Waals surface area contributed by atoms with Crippen LogP contribution in [0.25, 0.3) is 0 Å². The Morgan fingerprint density at radius 2 is 1.60 bits per heavy atom. The van der Waals surface area contributed by atoms with Crippen LogP contribution in [0.2, 0.25) is 0 Å². The first kappa shape index (κ1) is 23.5. The summed E-state index contributed by atoms with van der Waals surface area (Å²) in [6.45, 7) is -0.433. The zero-order chi connectivity index (χ0) is 24.8. The lowest BCUT2D eigenvalue weighted by Gasteiger charge is -2.26. The smallest absolute Gasteiger partial charge is 0.338 e. The molecule has 0 fully saturated rings. The Morgan fingerprint density at radius 3 is 2.34 bits per heavy atom. The van der Waals surface area contributed by atoms with Crippen LogP contribution in [0.5, 0.6) is 5.75 Å². The van der Waals surface area contributed by atoms with Crippen LogP contribution in [-0.2, 0) is 14.3 Å². The number of ether oxygens (including phenoxy) is 2. The third-order valence-electron chi connectivity index (χ3n) is 5.37. The van der Waals surface area contributed by atoms with Gasteiger partial charge in [0, 0.05) is 5.69 Å². The number of amides is 2. The molecule has 0 saturated heterocycles. The third kappa shape index (κ3) is 5.64. The van der Waals surface area contributed by atoms with Crippen molar-refractivity contribution >= 4 is 40.6 Å². The van der Waals surface area contributed by atoms with Crippen molar-refractivity contribution in [3.8, 4) is 5.75 Å². The zero-order valence-electron chi connectivity index (χ0n) is 18.9. The number of anilines is 3. The van der Waals surface area contributed by atoms with Gasteiger partial charge in [0.1, 0.15) is 11.8 Å². The van der Waals surface area contributed by atoms with Crippen LogP contribution in [0.4, 0.5) is 17.1 Å². The molecule has 1 aliphatic rings. The molecule has 0 radical (unpaired) electrons. The quantitative estimate of drug-likeness (QED) is 0.338. The first-order valence-electron chi connectivity index (χ1n) is 10.8. The molecule has 3 aromatic carbocycles. The summed E-state index contributed by atoms with van der Waals surface area (Å²) >= 11 is 0. The van der Waals surface area contributed by atoms with Crippen molar-refractivity contribution in [2.24, 2.45) is 0 Å². The van der Waals surface area contributed by atoms with Crippen molar-refractivity contribution in [3.63, 3.8) is 0 Å². The lowest BCUT2D eigenvalue weighted by molar-refractivity contribution is -0.122. The molecule has 1 aliphatic heterocycles. The summed E-state index contributed by atoms with van der Waals surface area (Å²) in [6, 6.07) is 19.3. The Labute approximate surface area is 201 Å². The standard InChI is InChI=1S/C26H23N3O6/c1-34-23-9-5-2-6-18(23)22(30)15-35-26(33)16-10-12-17(13-11-16)27-24(31)14-21-25(32)29-20-8-4-3-7-19(20)28-21/h2-13,21,28H,14-15H2,1H3,(H,27,31)(H,29,32). The Bertz CT molecular complexity index is 1270. The van der Waals surface area contributed by atoms with Crippen LogP contribution in [0.3, 0.4) is 0 Å². The summed E-state index contributed by atoms with van der Waals surface area (Å²) in [7, 11) is 1.46. The molecule has 0 spiro atoms. The van der Waals surface area contributed by atoms with E-state index < -0.39 is 18.6 Å². The molecule has 0 bridgehead atoms. The summed E-state index contributed by atoms with van der Waals surface area (Å²) in [5, 5.41) is 8.54. The van der Waals surface area contributed by atoms with Gasteiger partial charge in [0.15, 0.2) is 6.61 Å². The number of carbonyl (C=O) groups excluding carboxylic acids is 4. The summed E-state index contributed by atoms with van der Waals surface area (Å²) in [5.41, 5.74) is 2.41. The van der Waals surface area contributed by atoms with Crippen molar-refractivity contribution in [1.29, 1.82) is 0 Å². The normalized spacial score (nSPS) is 14.1. The molecule has 3 aromatic rings. The lowest BCUT2D eigenvalue weighted by atomic mass is 10.1. The molecular formula is C26H23N3O6. The fourth-order valence-electron chi connectivity index (χ4n) is 3.59. The summed E-state index contributed by atoms with van der Waals surface area (Å²) in [4.78, 5) is 49.4. The number of rotatable bonds is 8. The number of ketones is 1. The van der Waals surface area contributed by atoms with Crippen LogP contribution < -0.4 is 20.7 Å². The molecule has 35 heavy (non-hydrogen) atoms. The molecular weight excluding hydrogens is 450 g/mol. The highest BCUT2D eigenvalue weighted by Gasteiger charge is 2.27. The third-order valence-corrected chi connectivity index (χ3v) is 5.37. The highest BCUT2D eigenvalue weighted by molar-refractivity contribution is 6.06. The minimum absolute atomic E-state index is 0.0744. The summed E-state index contributed by atoms with van der Waals surface area (Å²) in [5.74, 6) is -1.32. The fourth-order valence-corrected chi connectivity index (χ4v) is 3.59. The van der Waals surface area contributed by atoms with Gasteiger partial charge < -0.3 is 25.4 Å². The van der Waals surface area contributed by atoms with E-state index in [2.05, 4.69) is 16.0 Å². The second kappa shape index (κ2) is 10.5. The number of nitrogens with one attached hydrogen (secondary N) is 3. The van der Waals surface area contributed by atoms with Crippen molar-refractivity contribution < 1.29 is 28.7 Å². The number of para-hydroxylation sites is 3. The van der Waals surface area contributed by atoms with Gasteiger partial charge in [-0.1, -0.05) is 24.3 Å². The van der Waals surface area contributed by atoms with Crippen molar-refractivity contribution in [2.75, 3.05) is 29.7 Å². The second-order valence-corrected chi connectivity index (χ2v) is 7.76. The average molecular weight is 473 g/mol. The number of fused-ring (bicyclic) bond motifs is 1. The highest BCUT2D eigenvalue weighted by atomic mass is 16.5. The lowest BCUT2D eigenvalue weighted by Crippen LogP contribution is -2.41. The first-order valence-corrected chi connectivity index (χ1v) is 10.8. The maximum atomic E-state index is 12.5. The van der Waals surface area contributed by atoms with Crippen LogP contribution >= 0.6 is 0 Å². The predicted molar refractivity (Wildman–Crippen MR) is 130 cm³/mol. The number of carbonyl (C=O) groups is 4. The summed E-state index contributed by atoms with van der Waals surface area (Å²) < 4.78 is 10.3. The van der Waals surface area contributed by atoms with E-state index in [9.17, 15) is 19.2 Å². The van der Waals surface area contributed by atoms with Crippen LogP contribution in [-0.4, -0.2) is 43.3 Å². The van der Waals surface area contributed by atoms with E-state index in [1.807, 2.05) is 18.2 Å². The maximum Gasteiger partial charge on any atom is 0.338 e. The van der Waals surface area contributed by atoms with Gasteiger partial charge in [-0.25, -0.2) is 4.79 Å². The monoisotopic (exact) mass is 473 g/mol. The van der Waals surface area contributed by atoms with Gasteiger partial charge in [-0.2, -0.15) is 0 Å². The second-order valence-electron chi connectivity index (χ2n) is 7.76. The minimum atomic E-state index is -0.708. The van der Waals surface area contributed by atoms with Gasteiger partial charge in [0.05, 0.1) is 36.0 Å². The van der Waals surface area contributed by atoms with Crippen LogP contribution in [0.15, 0.2) is 72.8 Å². The van der Waals surface area contributed by atoms with Crippen molar-refractivity contribution in [3.05, 3.63) is 83.9 Å². The first-order chi connectivity index (χ1) is 16.9. The molecule has 0 saturated carbocycles. The number of benzene rings is 3. The predicted octanol–water partition coefficient (Wildman–Crippen LogP) is 3.50. The Hall–Kier alpha value is -4.66. The van der Waals surface area contributed by atoms with Gasteiger partial charge in [-0.05, 0) is 48.5 Å². The molecule has 178 valence electrons. The molecule has 9 nitrogen and oxygen atoms in total. The molecule has 0 aliphatic carbocycles. The van der Waals surface area contributed by atoms with E-state index >= 15 is 0 Å². The summed E-state index contributed by atoms with van der Waals surface area (Å²) in [6.07, 6.45) is -0.0744. The number of hydrogen-bond acceptors (Lipinski definition) is 7. The molecule has 1 atom stereocenters. The molecule has 3 N–H and O–H groups in total. The zero-order valence-corrected chi connectivity index (χ0v) is 18.9.